The first-order valence-electron chi connectivity index (χ1n) is 13.4. The minimum Gasteiger partial charge on any atom is -0.507 e. The molecule has 2 rings (SSSR count). The quantitative estimate of drug-likeness (QED) is 0.163. The summed E-state index contributed by atoms with van der Waals surface area (Å²) in [5.41, 5.74) is 0.382. The molecule has 8 nitrogen and oxygen atoms in total. The van der Waals surface area contributed by atoms with Crippen LogP contribution in [0.25, 0.3) is 0 Å². The van der Waals surface area contributed by atoms with E-state index in [9.17, 15) is 14.7 Å². The Morgan fingerprint density at radius 2 is 1.71 bits per heavy atom. The summed E-state index contributed by atoms with van der Waals surface area (Å²) in [6.45, 7) is 13.5. The third-order valence-electron chi connectivity index (χ3n) is 5.45. The molecule has 0 saturated heterocycles. The third kappa shape index (κ3) is 11.8. The zero-order valence-corrected chi connectivity index (χ0v) is 29.1. The molecule has 41 heavy (non-hydrogen) atoms. The molecule has 0 spiro atoms. The van der Waals surface area contributed by atoms with Gasteiger partial charge in [0, 0.05) is 31.8 Å². The molecule has 0 aliphatic carbocycles. The maximum absolute atomic E-state index is 13.4. The number of benzene rings is 2. The average Bonchev–Trinajstić information content (AvgIpc) is 2.86. The molecule has 0 aliphatic heterocycles. The molecule has 0 aromatic heterocycles. The SMILES string of the molecule is CC(C)COC[C@@H](C(=O)OCC(C)C)N(Cc1cc(Cl)c(OCc2cccc(I)c2Br)cc1O)C(=O)OC(C)(C)C. The predicted octanol–water partition coefficient (Wildman–Crippen LogP) is 7.97. The molecule has 1 amide bonds. The Kier molecular flexibility index (Phi) is 14.0. The van der Waals surface area contributed by atoms with E-state index in [2.05, 4.69) is 38.5 Å². The van der Waals surface area contributed by atoms with Gasteiger partial charge in [-0.05, 0) is 83.3 Å². The molecule has 2 aromatic rings. The lowest BCUT2D eigenvalue weighted by Gasteiger charge is -2.32. The number of carbonyl (C=O) groups excluding carboxylic acids is 2. The molecule has 0 bridgehead atoms. The van der Waals surface area contributed by atoms with Crippen molar-refractivity contribution in [3.05, 3.63) is 54.5 Å². The summed E-state index contributed by atoms with van der Waals surface area (Å²) in [5.74, 6) is -0.191. The van der Waals surface area contributed by atoms with Gasteiger partial charge in [0.15, 0.2) is 6.04 Å². The summed E-state index contributed by atoms with van der Waals surface area (Å²) in [6.07, 6.45) is -0.753. The number of phenolic OH excluding ortho intramolecular Hbond substituents is 1. The number of esters is 1. The highest BCUT2D eigenvalue weighted by Gasteiger charge is 2.35. The van der Waals surface area contributed by atoms with Crippen molar-refractivity contribution in [1.82, 2.24) is 4.90 Å². The topological polar surface area (TPSA) is 94.5 Å². The van der Waals surface area contributed by atoms with Gasteiger partial charge in [0.25, 0.3) is 0 Å². The van der Waals surface area contributed by atoms with Crippen LogP contribution in [0.3, 0.4) is 0 Å². The normalized spacial score (nSPS) is 12.4. The van der Waals surface area contributed by atoms with E-state index in [1.165, 1.54) is 17.0 Å². The largest absolute Gasteiger partial charge is 0.507 e. The molecule has 11 heteroatoms. The fourth-order valence-electron chi connectivity index (χ4n) is 3.49. The Hall–Kier alpha value is -1.76. The van der Waals surface area contributed by atoms with Crippen molar-refractivity contribution in [2.75, 3.05) is 19.8 Å². The second-order valence-corrected chi connectivity index (χ2v) is 13.9. The minimum absolute atomic E-state index is 0.0986. The molecule has 0 fully saturated rings. The Balaban J connectivity index is 2.38. The number of nitrogens with zero attached hydrogens (tertiary/aromatic N) is 1. The van der Waals surface area contributed by atoms with E-state index in [4.69, 9.17) is 30.5 Å². The molecule has 2 aromatic carbocycles. The highest BCUT2D eigenvalue weighted by molar-refractivity contribution is 14.1. The standard InChI is InChI=1S/C30H40BrClINO7/c1-18(2)14-38-17-24(28(36)40-15-19(3)4)34(29(37)41-30(5,6)7)13-21-11-22(32)26(12-25(21)35)39-16-20-9-8-10-23(33)27(20)31/h8-12,18-19,24,35H,13-17H2,1-7H3/t24-/m0/s1. The Labute approximate surface area is 270 Å². The molecule has 0 radical (unpaired) electrons. The smallest absolute Gasteiger partial charge is 0.411 e. The molecular formula is C30H40BrClINO7. The van der Waals surface area contributed by atoms with Crippen molar-refractivity contribution in [3.8, 4) is 11.5 Å². The van der Waals surface area contributed by atoms with Crippen molar-refractivity contribution in [1.29, 1.82) is 0 Å². The minimum atomic E-state index is -1.12. The van der Waals surface area contributed by atoms with Gasteiger partial charge in [0.2, 0.25) is 0 Å². The number of aromatic hydroxyl groups is 1. The lowest BCUT2D eigenvalue weighted by molar-refractivity contribution is -0.154. The van der Waals surface area contributed by atoms with Crippen molar-refractivity contribution in [2.45, 2.75) is 73.3 Å². The zero-order chi connectivity index (χ0) is 30.9. The summed E-state index contributed by atoms with van der Waals surface area (Å²) in [6, 6.07) is 7.61. The number of rotatable bonds is 13. The van der Waals surface area contributed by atoms with Crippen molar-refractivity contribution < 1.29 is 33.6 Å². The molecule has 228 valence electrons. The second kappa shape index (κ2) is 16.2. The molecule has 1 N–H and O–H groups in total. The molecular weight excluding hydrogens is 729 g/mol. The van der Waals surface area contributed by atoms with E-state index < -0.39 is 23.7 Å². The second-order valence-electron chi connectivity index (χ2n) is 11.5. The van der Waals surface area contributed by atoms with Gasteiger partial charge in [0.05, 0.1) is 24.8 Å². The maximum Gasteiger partial charge on any atom is 0.411 e. The van der Waals surface area contributed by atoms with Crippen LogP contribution in [0, 0.1) is 15.4 Å². The van der Waals surface area contributed by atoms with Crippen molar-refractivity contribution >= 4 is 62.2 Å². The summed E-state index contributed by atoms with van der Waals surface area (Å²) >= 11 is 12.3. The van der Waals surface area contributed by atoms with Crippen LogP contribution < -0.4 is 4.74 Å². The van der Waals surface area contributed by atoms with Gasteiger partial charge in [-0.25, -0.2) is 9.59 Å². The van der Waals surface area contributed by atoms with Crippen LogP contribution in [0.5, 0.6) is 11.5 Å². The molecule has 0 heterocycles. The van der Waals surface area contributed by atoms with Crippen LogP contribution in [0.4, 0.5) is 4.79 Å². The first kappa shape index (κ1) is 35.4. The van der Waals surface area contributed by atoms with E-state index in [1.54, 1.807) is 20.8 Å². The summed E-state index contributed by atoms with van der Waals surface area (Å²) < 4.78 is 24.8. The van der Waals surface area contributed by atoms with Gasteiger partial charge in [-0.3, -0.25) is 4.90 Å². The van der Waals surface area contributed by atoms with E-state index in [0.29, 0.717) is 12.2 Å². The lowest BCUT2D eigenvalue weighted by Crippen LogP contribution is -2.50. The number of amides is 1. The number of halogens is 3. The van der Waals surface area contributed by atoms with Gasteiger partial charge in [-0.1, -0.05) is 51.4 Å². The predicted molar refractivity (Wildman–Crippen MR) is 171 cm³/mol. The van der Waals surface area contributed by atoms with Crippen LogP contribution in [-0.2, 0) is 32.2 Å². The fraction of sp³-hybridized carbons (Fsp3) is 0.533. The Morgan fingerprint density at radius 3 is 2.32 bits per heavy atom. The first-order chi connectivity index (χ1) is 19.1. The molecule has 0 saturated carbocycles. The lowest BCUT2D eigenvalue weighted by atomic mass is 10.1. The van der Waals surface area contributed by atoms with Crippen LogP contribution in [0.1, 0.15) is 59.6 Å². The maximum atomic E-state index is 13.4. The number of carbonyl (C=O) groups is 2. The highest BCUT2D eigenvalue weighted by atomic mass is 127. The van der Waals surface area contributed by atoms with Crippen LogP contribution in [0.15, 0.2) is 34.8 Å². The van der Waals surface area contributed by atoms with E-state index in [0.717, 1.165) is 13.6 Å². The Morgan fingerprint density at radius 1 is 1.05 bits per heavy atom. The summed E-state index contributed by atoms with van der Waals surface area (Å²) in [5, 5.41) is 11.2. The van der Waals surface area contributed by atoms with Crippen molar-refractivity contribution in [3.63, 3.8) is 0 Å². The van der Waals surface area contributed by atoms with Crippen LogP contribution >= 0.6 is 50.1 Å². The molecule has 0 aliphatic rings. The van der Waals surface area contributed by atoms with E-state index >= 15 is 0 Å². The molecule has 1 atom stereocenters. The van der Waals surface area contributed by atoms with E-state index in [1.807, 2.05) is 45.9 Å². The van der Waals surface area contributed by atoms with Gasteiger partial charge < -0.3 is 24.1 Å². The van der Waals surface area contributed by atoms with Crippen molar-refractivity contribution in [2.24, 2.45) is 11.8 Å². The number of hydrogen-bond donors (Lipinski definition) is 1. The van der Waals surface area contributed by atoms with Crippen LogP contribution in [-0.4, -0.2) is 53.5 Å². The number of hydrogen-bond acceptors (Lipinski definition) is 7. The average molecular weight is 769 g/mol. The Bertz CT molecular complexity index is 1190. The van der Waals surface area contributed by atoms with Gasteiger partial charge in [-0.15, -0.1) is 0 Å². The third-order valence-corrected chi connectivity index (χ3v) is 8.32. The fourth-order valence-corrected chi connectivity index (χ4v) is 4.66. The zero-order valence-electron chi connectivity index (χ0n) is 24.6. The van der Waals surface area contributed by atoms with E-state index in [-0.39, 0.29) is 54.7 Å². The molecule has 0 unspecified atom stereocenters. The van der Waals surface area contributed by atoms with Gasteiger partial charge in [0.1, 0.15) is 23.7 Å². The monoisotopic (exact) mass is 767 g/mol. The van der Waals surface area contributed by atoms with Gasteiger partial charge >= 0.3 is 12.1 Å². The summed E-state index contributed by atoms with van der Waals surface area (Å²) in [4.78, 5) is 27.9. The summed E-state index contributed by atoms with van der Waals surface area (Å²) in [7, 11) is 0. The number of phenols is 1. The van der Waals surface area contributed by atoms with Crippen LogP contribution in [0.2, 0.25) is 5.02 Å². The highest BCUT2D eigenvalue weighted by Crippen LogP contribution is 2.35. The van der Waals surface area contributed by atoms with Gasteiger partial charge in [-0.2, -0.15) is 0 Å². The number of ether oxygens (including phenoxy) is 4. The first-order valence-corrected chi connectivity index (χ1v) is 15.6.